The van der Waals surface area contributed by atoms with Gasteiger partial charge in [0.25, 0.3) is 0 Å². The maximum absolute atomic E-state index is 12.9. The fourth-order valence-corrected chi connectivity index (χ4v) is 3.97. The number of amides is 2. The molecule has 1 aliphatic heterocycles. The number of halogens is 1. The topological polar surface area (TPSA) is 66.6 Å². The fraction of sp³-hybridized carbons (Fsp3) is 0.600. The molecular weight excluding hydrogens is 350 g/mol. The molecule has 1 heterocycles. The summed E-state index contributed by atoms with van der Waals surface area (Å²) >= 11 is 0. The smallest absolute Gasteiger partial charge is 0.247 e. The highest BCUT2D eigenvalue weighted by Gasteiger charge is 2.37. The Hall–Kier alpha value is -1.59. The van der Waals surface area contributed by atoms with Crippen LogP contribution in [0, 0.1) is 5.92 Å². The van der Waals surface area contributed by atoms with E-state index in [9.17, 15) is 9.59 Å². The van der Waals surface area contributed by atoms with E-state index in [1.54, 1.807) is 11.8 Å². The van der Waals surface area contributed by atoms with Crippen LogP contribution in [0.25, 0.3) is 0 Å². The van der Waals surface area contributed by atoms with Crippen LogP contribution in [0.3, 0.4) is 0 Å². The van der Waals surface area contributed by atoms with Gasteiger partial charge in [-0.05, 0) is 25.3 Å². The molecule has 2 fully saturated rings. The molecule has 2 N–H and O–H groups in total. The first-order valence-electron chi connectivity index (χ1n) is 9.42. The van der Waals surface area contributed by atoms with Crippen molar-refractivity contribution in [3.63, 3.8) is 0 Å². The van der Waals surface area contributed by atoms with Gasteiger partial charge in [0.15, 0.2) is 0 Å². The van der Waals surface area contributed by atoms with Gasteiger partial charge in [-0.15, -0.1) is 12.4 Å². The van der Waals surface area contributed by atoms with Crippen LogP contribution < -0.4 is 5.73 Å². The van der Waals surface area contributed by atoms with Crippen LogP contribution in [0.4, 0.5) is 0 Å². The molecule has 0 spiro atoms. The molecule has 26 heavy (non-hydrogen) atoms. The number of rotatable bonds is 3. The lowest BCUT2D eigenvalue weighted by molar-refractivity contribution is -0.145. The maximum atomic E-state index is 12.9. The SMILES string of the molecule is CC(N)(C(=O)N1CCN(C(=O)C2CCCCC2)CC1)c1ccccc1.Cl. The van der Waals surface area contributed by atoms with E-state index in [1.165, 1.54) is 6.42 Å². The molecule has 0 bridgehead atoms. The van der Waals surface area contributed by atoms with Gasteiger partial charge in [-0.1, -0.05) is 49.6 Å². The summed E-state index contributed by atoms with van der Waals surface area (Å²) in [5.41, 5.74) is 6.14. The summed E-state index contributed by atoms with van der Waals surface area (Å²) in [5, 5.41) is 0. The van der Waals surface area contributed by atoms with Crippen LogP contribution in [-0.2, 0) is 15.1 Å². The summed E-state index contributed by atoms with van der Waals surface area (Å²) in [7, 11) is 0. The second-order valence-electron chi connectivity index (χ2n) is 7.52. The van der Waals surface area contributed by atoms with Crippen LogP contribution in [0.5, 0.6) is 0 Å². The zero-order chi connectivity index (χ0) is 17.9. The normalized spacial score (nSPS) is 20.8. The van der Waals surface area contributed by atoms with Gasteiger partial charge in [0, 0.05) is 32.1 Å². The van der Waals surface area contributed by atoms with Gasteiger partial charge in [-0.3, -0.25) is 9.59 Å². The molecule has 0 aromatic heterocycles. The van der Waals surface area contributed by atoms with E-state index in [0.717, 1.165) is 31.2 Å². The van der Waals surface area contributed by atoms with E-state index < -0.39 is 5.54 Å². The van der Waals surface area contributed by atoms with Gasteiger partial charge in [0.1, 0.15) is 5.54 Å². The van der Waals surface area contributed by atoms with Gasteiger partial charge < -0.3 is 15.5 Å². The molecule has 1 unspecified atom stereocenters. The van der Waals surface area contributed by atoms with E-state index in [-0.39, 0.29) is 30.1 Å². The number of nitrogens with zero attached hydrogens (tertiary/aromatic N) is 2. The summed E-state index contributed by atoms with van der Waals surface area (Å²) in [5.74, 6) is 0.411. The minimum absolute atomic E-state index is 0. The van der Waals surface area contributed by atoms with Crippen molar-refractivity contribution in [2.24, 2.45) is 11.7 Å². The van der Waals surface area contributed by atoms with Crippen molar-refractivity contribution in [1.29, 1.82) is 0 Å². The highest BCUT2D eigenvalue weighted by Crippen LogP contribution is 2.26. The van der Waals surface area contributed by atoms with Crippen molar-refractivity contribution in [3.8, 4) is 0 Å². The summed E-state index contributed by atoms with van der Waals surface area (Å²) in [6.45, 7) is 4.13. The second kappa shape index (κ2) is 8.87. The zero-order valence-electron chi connectivity index (χ0n) is 15.5. The lowest BCUT2D eigenvalue weighted by Crippen LogP contribution is -2.58. The molecule has 2 aliphatic rings. The van der Waals surface area contributed by atoms with Crippen molar-refractivity contribution in [1.82, 2.24) is 9.80 Å². The molecule has 0 radical (unpaired) electrons. The molecule has 1 atom stereocenters. The van der Waals surface area contributed by atoms with Gasteiger partial charge in [-0.25, -0.2) is 0 Å². The first kappa shape index (κ1) is 20.7. The Balaban J connectivity index is 0.00000243. The summed E-state index contributed by atoms with van der Waals surface area (Å²) < 4.78 is 0. The highest BCUT2D eigenvalue weighted by atomic mass is 35.5. The number of benzene rings is 1. The summed E-state index contributed by atoms with van der Waals surface area (Å²) in [6.07, 6.45) is 5.62. The molecule has 1 aromatic rings. The largest absolute Gasteiger partial charge is 0.339 e. The molecule has 1 saturated carbocycles. The van der Waals surface area contributed by atoms with Gasteiger partial charge in [0.05, 0.1) is 0 Å². The van der Waals surface area contributed by atoms with Crippen molar-refractivity contribution in [2.45, 2.75) is 44.6 Å². The number of nitrogens with two attached hydrogens (primary N) is 1. The zero-order valence-corrected chi connectivity index (χ0v) is 16.3. The van der Waals surface area contributed by atoms with E-state index in [2.05, 4.69) is 0 Å². The minimum Gasteiger partial charge on any atom is -0.339 e. The molecule has 1 aromatic carbocycles. The molecule has 2 amide bonds. The average molecular weight is 380 g/mol. The molecular formula is C20H30ClN3O2. The molecule has 1 saturated heterocycles. The quantitative estimate of drug-likeness (QED) is 0.877. The van der Waals surface area contributed by atoms with Crippen molar-refractivity contribution in [3.05, 3.63) is 35.9 Å². The number of hydrogen-bond donors (Lipinski definition) is 1. The Morgan fingerprint density at radius 2 is 1.50 bits per heavy atom. The number of carbonyl (C=O) groups is 2. The standard InChI is InChI=1S/C20H29N3O2.ClH/c1-20(21,17-10-6-3-7-11-17)19(25)23-14-12-22(13-15-23)18(24)16-8-4-2-5-9-16;/h3,6-7,10-11,16H,2,4-5,8-9,12-15,21H2,1H3;1H. The Morgan fingerprint density at radius 3 is 2.08 bits per heavy atom. The molecule has 5 nitrogen and oxygen atoms in total. The predicted octanol–water partition coefficient (Wildman–Crippen LogP) is 2.53. The molecule has 1 aliphatic carbocycles. The Labute approximate surface area is 162 Å². The average Bonchev–Trinajstić information content (AvgIpc) is 2.68. The van der Waals surface area contributed by atoms with Crippen molar-refractivity contribution >= 4 is 24.2 Å². The second-order valence-corrected chi connectivity index (χ2v) is 7.52. The Kier molecular flexibility index (Phi) is 7.07. The fourth-order valence-electron chi connectivity index (χ4n) is 3.97. The van der Waals surface area contributed by atoms with Crippen LogP contribution in [0.1, 0.15) is 44.6 Å². The van der Waals surface area contributed by atoms with Crippen molar-refractivity contribution in [2.75, 3.05) is 26.2 Å². The Morgan fingerprint density at radius 1 is 0.962 bits per heavy atom. The minimum atomic E-state index is -1.03. The third-order valence-corrected chi connectivity index (χ3v) is 5.65. The predicted molar refractivity (Wildman–Crippen MR) is 105 cm³/mol. The van der Waals surface area contributed by atoms with Crippen LogP contribution in [0.15, 0.2) is 30.3 Å². The van der Waals surface area contributed by atoms with Crippen LogP contribution in [-0.4, -0.2) is 47.8 Å². The van der Waals surface area contributed by atoms with E-state index in [4.69, 9.17) is 5.73 Å². The van der Waals surface area contributed by atoms with Crippen LogP contribution >= 0.6 is 12.4 Å². The third-order valence-electron chi connectivity index (χ3n) is 5.65. The van der Waals surface area contributed by atoms with E-state index in [1.807, 2.05) is 35.2 Å². The summed E-state index contributed by atoms with van der Waals surface area (Å²) in [4.78, 5) is 29.3. The van der Waals surface area contributed by atoms with Gasteiger partial charge >= 0.3 is 0 Å². The lowest BCUT2D eigenvalue weighted by atomic mass is 9.88. The molecule has 6 heteroatoms. The third kappa shape index (κ3) is 4.38. The first-order chi connectivity index (χ1) is 12.0. The highest BCUT2D eigenvalue weighted by molar-refractivity contribution is 5.87. The molecule has 3 rings (SSSR count). The van der Waals surface area contributed by atoms with Crippen molar-refractivity contribution < 1.29 is 9.59 Å². The van der Waals surface area contributed by atoms with E-state index in [0.29, 0.717) is 26.2 Å². The van der Waals surface area contributed by atoms with Crippen LogP contribution in [0.2, 0.25) is 0 Å². The van der Waals surface area contributed by atoms with Gasteiger partial charge in [0.2, 0.25) is 11.8 Å². The lowest BCUT2D eigenvalue weighted by Gasteiger charge is -2.40. The number of carbonyl (C=O) groups excluding carboxylic acids is 2. The number of piperazine rings is 1. The summed E-state index contributed by atoms with van der Waals surface area (Å²) in [6, 6.07) is 9.49. The monoisotopic (exact) mass is 379 g/mol. The molecule has 144 valence electrons. The first-order valence-corrected chi connectivity index (χ1v) is 9.42. The maximum Gasteiger partial charge on any atom is 0.247 e. The van der Waals surface area contributed by atoms with E-state index >= 15 is 0 Å². The number of hydrogen-bond acceptors (Lipinski definition) is 3. The van der Waals surface area contributed by atoms with Gasteiger partial charge in [-0.2, -0.15) is 0 Å². The Bertz CT molecular complexity index is 607.